The van der Waals surface area contributed by atoms with Gasteiger partial charge in [0.1, 0.15) is 5.82 Å². The van der Waals surface area contributed by atoms with Crippen molar-refractivity contribution in [2.75, 3.05) is 6.54 Å². The lowest BCUT2D eigenvalue weighted by molar-refractivity contribution is 0.590. The van der Waals surface area contributed by atoms with E-state index in [-0.39, 0.29) is 10.6 Å². The Morgan fingerprint density at radius 1 is 1.27 bits per heavy atom. The number of benzene rings is 1. The molecule has 0 amide bonds. The smallest absolute Gasteiger partial charge is 0.136 e. The van der Waals surface area contributed by atoms with Crippen molar-refractivity contribution in [1.29, 1.82) is 0 Å². The average Bonchev–Trinajstić information content (AvgIpc) is 2.71. The summed E-state index contributed by atoms with van der Waals surface area (Å²) in [6.07, 6.45) is 4.67. The summed E-state index contributed by atoms with van der Waals surface area (Å²) in [6.45, 7) is 0.645. The molecule has 0 unspecified atom stereocenters. The molecule has 0 aromatic heterocycles. The zero-order chi connectivity index (χ0) is 10.7. The van der Waals surface area contributed by atoms with Gasteiger partial charge in [-0.2, -0.15) is 0 Å². The Labute approximate surface area is 94.2 Å². The minimum Gasteiger partial charge on any atom is -0.329 e. The molecule has 1 aromatic rings. The third-order valence-corrected chi connectivity index (χ3v) is 4.61. The predicted octanol–water partition coefficient (Wildman–Crippen LogP) is 3.19. The van der Waals surface area contributed by atoms with Gasteiger partial charge in [-0.25, -0.2) is 4.39 Å². The van der Waals surface area contributed by atoms with Gasteiger partial charge in [0.2, 0.25) is 0 Å². The normalized spacial score (nSPS) is 19.3. The average molecular weight is 225 g/mol. The summed E-state index contributed by atoms with van der Waals surface area (Å²) < 4.78 is 13.6. The maximum Gasteiger partial charge on any atom is 0.136 e. The Morgan fingerprint density at radius 3 is 2.53 bits per heavy atom. The van der Waals surface area contributed by atoms with Crippen LogP contribution in [0.5, 0.6) is 0 Å². The molecule has 1 nitrogen and oxygen atoms in total. The van der Waals surface area contributed by atoms with Gasteiger partial charge in [0.25, 0.3) is 0 Å². The van der Waals surface area contributed by atoms with Crippen molar-refractivity contribution >= 4 is 11.8 Å². The largest absolute Gasteiger partial charge is 0.329 e. The summed E-state index contributed by atoms with van der Waals surface area (Å²) in [6, 6.07) is 6.96. The van der Waals surface area contributed by atoms with E-state index in [4.69, 9.17) is 5.73 Å². The van der Waals surface area contributed by atoms with Crippen LogP contribution >= 0.6 is 11.8 Å². The zero-order valence-electron chi connectivity index (χ0n) is 8.71. The van der Waals surface area contributed by atoms with Crippen molar-refractivity contribution < 1.29 is 4.39 Å². The van der Waals surface area contributed by atoms with Crippen LogP contribution in [0.3, 0.4) is 0 Å². The highest BCUT2D eigenvalue weighted by molar-refractivity contribution is 8.00. The molecule has 2 N–H and O–H groups in total. The third-order valence-electron chi connectivity index (χ3n) is 3.05. The number of hydrogen-bond donors (Lipinski definition) is 1. The highest BCUT2D eigenvalue weighted by Crippen LogP contribution is 2.45. The molecule has 1 fully saturated rings. The molecule has 0 heterocycles. The van der Waals surface area contributed by atoms with Crippen LogP contribution in [0, 0.1) is 5.82 Å². The van der Waals surface area contributed by atoms with Crippen molar-refractivity contribution in [2.45, 2.75) is 35.3 Å². The first-order valence-corrected chi connectivity index (χ1v) is 6.21. The van der Waals surface area contributed by atoms with E-state index in [1.807, 2.05) is 12.1 Å². The van der Waals surface area contributed by atoms with Crippen LogP contribution in [0.15, 0.2) is 29.2 Å². The van der Waals surface area contributed by atoms with E-state index in [0.29, 0.717) is 6.54 Å². The highest BCUT2D eigenvalue weighted by atomic mass is 32.2. The molecule has 3 heteroatoms. The van der Waals surface area contributed by atoms with Gasteiger partial charge in [-0.05, 0) is 25.0 Å². The van der Waals surface area contributed by atoms with Gasteiger partial charge in [0.05, 0.1) is 0 Å². The van der Waals surface area contributed by atoms with Gasteiger partial charge < -0.3 is 5.73 Å². The van der Waals surface area contributed by atoms with E-state index in [1.54, 1.807) is 17.8 Å². The Morgan fingerprint density at radius 2 is 1.93 bits per heavy atom. The lowest BCUT2D eigenvalue weighted by Crippen LogP contribution is -2.30. The molecule has 1 aromatic carbocycles. The topological polar surface area (TPSA) is 26.0 Å². The second kappa shape index (κ2) is 4.54. The van der Waals surface area contributed by atoms with E-state index in [0.717, 1.165) is 17.7 Å². The number of rotatable bonds is 3. The van der Waals surface area contributed by atoms with Crippen molar-refractivity contribution in [2.24, 2.45) is 5.73 Å². The van der Waals surface area contributed by atoms with Gasteiger partial charge in [-0.1, -0.05) is 25.0 Å². The monoisotopic (exact) mass is 225 g/mol. The van der Waals surface area contributed by atoms with Crippen LogP contribution in [0.1, 0.15) is 25.7 Å². The Hall–Kier alpha value is -0.540. The molecule has 0 saturated heterocycles. The number of nitrogens with two attached hydrogens (primary N) is 1. The summed E-state index contributed by atoms with van der Waals surface area (Å²) in [5, 5.41) is 0. The van der Waals surface area contributed by atoms with Gasteiger partial charge >= 0.3 is 0 Å². The maximum atomic E-state index is 13.5. The molecule has 0 aliphatic heterocycles. The predicted molar refractivity (Wildman–Crippen MR) is 62.5 cm³/mol. The molecule has 1 saturated carbocycles. The van der Waals surface area contributed by atoms with Crippen LogP contribution in [0.4, 0.5) is 4.39 Å². The fourth-order valence-corrected chi connectivity index (χ4v) is 3.48. The second-order valence-corrected chi connectivity index (χ2v) is 5.64. The Balaban J connectivity index is 2.16. The first-order chi connectivity index (χ1) is 7.26. The first kappa shape index (κ1) is 11.0. The van der Waals surface area contributed by atoms with E-state index in [1.165, 1.54) is 18.9 Å². The fraction of sp³-hybridized carbons (Fsp3) is 0.500. The lowest BCUT2D eigenvalue weighted by Gasteiger charge is -2.26. The lowest BCUT2D eigenvalue weighted by atomic mass is 10.1. The summed E-state index contributed by atoms with van der Waals surface area (Å²) in [5.41, 5.74) is 5.82. The van der Waals surface area contributed by atoms with Crippen molar-refractivity contribution in [3.05, 3.63) is 30.1 Å². The van der Waals surface area contributed by atoms with Gasteiger partial charge in [-0.15, -0.1) is 11.8 Å². The van der Waals surface area contributed by atoms with Crippen LogP contribution in [0.25, 0.3) is 0 Å². The molecule has 0 radical (unpaired) electrons. The van der Waals surface area contributed by atoms with Crippen LogP contribution in [0.2, 0.25) is 0 Å². The fourth-order valence-electron chi connectivity index (χ4n) is 2.13. The van der Waals surface area contributed by atoms with Crippen LogP contribution in [-0.2, 0) is 0 Å². The van der Waals surface area contributed by atoms with Crippen LogP contribution in [-0.4, -0.2) is 11.3 Å². The third kappa shape index (κ3) is 2.34. The molecule has 0 bridgehead atoms. The summed E-state index contributed by atoms with van der Waals surface area (Å²) in [4.78, 5) is 0.741. The molecular weight excluding hydrogens is 209 g/mol. The first-order valence-electron chi connectivity index (χ1n) is 5.39. The Kier molecular flexibility index (Phi) is 3.32. The van der Waals surface area contributed by atoms with E-state index in [9.17, 15) is 4.39 Å². The molecule has 15 heavy (non-hydrogen) atoms. The van der Waals surface area contributed by atoms with E-state index in [2.05, 4.69) is 0 Å². The number of thioether (sulfide) groups is 1. The van der Waals surface area contributed by atoms with Gasteiger partial charge in [0, 0.05) is 16.2 Å². The van der Waals surface area contributed by atoms with Crippen LogP contribution < -0.4 is 5.73 Å². The molecule has 2 rings (SSSR count). The maximum absolute atomic E-state index is 13.5. The summed E-state index contributed by atoms with van der Waals surface area (Å²) in [7, 11) is 0. The minimum atomic E-state index is -0.123. The molecule has 0 atom stereocenters. The van der Waals surface area contributed by atoms with Crippen molar-refractivity contribution in [3.63, 3.8) is 0 Å². The standard InChI is InChI=1S/C12H16FNS/c13-10-5-1-2-6-11(10)15-12(9-14)7-3-4-8-12/h1-2,5-6H,3-4,7-9,14H2. The molecule has 1 aliphatic carbocycles. The van der Waals surface area contributed by atoms with E-state index < -0.39 is 0 Å². The minimum absolute atomic E-state index is 0.0855. The molecule has 0 spiro atoms. The van der Waals surface area contributed by atoms with Crippen molar-refractivity contribution in [3.8, 4) is 0 Å². The molecule has 82 valence electrons. The zero-order valence-corrected chi connectivity index (χ0v) is 9.52. The second-order valence-electron chi connectivity index (χ2n) is 4.13. The summed E-state index contributed by atoms with van der Waals surface area (Å²) in [5.74, 6) is -0.123. The van der Waals surface area contributed by atoms with Gasteiger partial charge in [0.15, 0.2) is 0 Å². The van der Waals surface area contributed by atoms with Gasteiger partial charge in [-0.3, -0.25) is 0 Å². The summed E-state index contributed by atoms with van der Waals surface area (Å²) >= 11 is 1.63. The number of hydrogen-bond acceptors (Lipinski definition) is 2. The highest BCUT2D eigenvalue weighted by Gasteiger charge is 2.34. The molecule has 1 aliphatic rings. The number of halogens is 1. The SMILES string of the molecule is NCC1(Sc2ccccc2F)CCCC1. The molecular formula is C12H16FNS. The Bertz CT molecular complexity index is 334. The quantitative estimate of drug-likeness (QED) is 0.855. The van der Waals surface area contributed by atoms with Crippen molar-refractivity contribution in [1.82, 2.24) is 0 Å². The van der Waals surface area contributed by atoms with E-state index >= 15 is 0 Å².